The third-order valence-electron chi connectivity index (χ3n) is 5.07. The van der Waals surface area contributed by atoms with E-state index >= 15 is 0 Å². The van der Waals surface area contributed by atoms with E-state index in [-0.39, 0.29) is 35.1 Å². The van der Waals surface area contributed by atoms with Gasteiger partial charge in [-0.15, -0.1) is 10.2 Å². The molecule has 0 saturated carbocycles. The van der Waals surface area contributed by atoms with Crippen LogP contribution in [-0.2, 0) is 11.2 Å². The summed E-state index contributed by atoms with van der Waals surface area (Å²) in [6.45, 7) is 2.61. The van der Waals surface area contributed by atoms with Crippen LogP contribution in [0.1, 0.15) is 44.8 Å². The van der Waals surface area contributed by atoms with Gasteiger partial charge in [0.15, 0.2) is 0 Å². The van der Waals surface area contributed by atoms with Gasteiger partial charge in [0.2, 0.25) is 10.9 Å². The summed E-state index contributed by atoms with van der Waals surface area (Å²) in [5, 5.41) is 12.0. The Labute approximate surface area is 177 Å². The van der Waals surface area contributed by atoms with Crippen LogP contribution in [0.5, 0.6) is 0 Å². The van der Waals surface area contributed by atoms with E-state index in [0.29, 0.717) is 17.2 Å². The number of amides is 2. The smallest absolute Gasteiger partial charge is 0.286 e. The van der Waals surface area contributed by atoms with E-state index in [2.05, 4.69) is 15.5 Å². The van der Waals surface area contributed by atoms with Crippen LogP contribution in [0.4, 0.5) is 10.1 Å². The van der Waals surface area contributed by atoms with E-state index in [1.54, 1.807) is 17.0 Å². The predicted octanol–water partition coefficient (Wildman–Crippen LogP) is 4.14. The molecule has 2 aromatic carbocycles. The molecule has 4 rings (SSSR count). The van der Waals surface area contributed by atoms with Gasteiger partial charge < -0.3 is 10.2 Å². The van der Waals surface area contributed by atoms with Crippen molar-refractivity contribution in [2.75, 3.05) is 11.9 Å². The zero-order chi connectivity index (χ0) is 21.1. The maximum Gasteiger partial charge on any atom is 0.286 e. The Bertz CT molecular complexity index is 1050. The fourth-order valence-electron chi connectivity index (χ4n) is 3.48. The number of hydrogen-bond acceptors (Lipinski definition) is 5. The van der Waals surface area contributed by atoms with Gasteiger partial charge in [-0.1, -0.05) is 41.2 Å². The summed E-state index contributed by atoms with van der Waals surface area (Å²) < 4.78 is 13.1. The molecule has 1 aromatic heterocycles. The molecule has 1 fully saturated rings. The number of benzene rings is 2. The van der Waals surface area contributed by atoms with Crippen LogP contribution in [0.15, 0.2) is 48.5 Å². The van der Waals surface area contributed by atoms with Crippen molar-refractivity contribution in [2.45, 2.75) is 32.2 Å². The molecule has 1 aliphatic heterocycles. The average Bonchev–Trinajstić information content (AvgIpc) is 3.40. The van der Waals surface area contributed by atoms with Crippen molar-refractivity contribution in [1.82, 2.24) is 15.1 Å². The summed E-state index contributed by atoms with van der Waals surface area (Å²) in [4.78, 5) is 27.1. The number of carbonyl (C=O) groups excluding carboxylic acids is 2. The molecular formula is C22H21FN4O2S. The lowest BCUT2D eigenvalue weighted by atomic mass is 10.1. The number of aryl methyl sites for hydroxylation is 1. The van der Waals surface area contributed by atoms with Gasteiger partial charge in [0.25, 0.3) is 5.91 Å². The Morgan fingerprint density at radius 3 is 2.60 bits per heavy atom. The first-order valence-electron chi connectivity index (χ1n) is 9.75. The average molecular weight is 425 g/mol. The third kappa shape index (κ3) is 4.54. The summed E-state index contributed by atoms with van der Waals surface area (Å²) in [5.74, 6) is -0.676. The second-order valence-electron chi connectivity index (χ2n) is 7.31. The van der Waals surface area contributed by atoms with E-state index in [1.807, 2.05) is 31.2 Å². The number of nitrogens with zero attached hydrogens (tertiary/aromatic N) is 3. The number of rotatable bonds is 5. The number of anilines is 1. The van der Waals surface area contributed by atoms with Crippen molar-refractivity contribution in [2.24, 2.45) is 0 Å². The lowest BCUT2D eigenvalue weighted by Crippen LogP contribution is -2.31. The second-order valence-corrected chi connectivity index (χ2v) is 8.32. The molecule has 0 aliphatic carbocycles. The molecule has 2 heterocycles. The topological polar surface area (TPSA) is 75.2 Å². The molecule has 0 bridgehead atoms. The molecule has 8 heteroatoms. The fourth-order valence-corrected chi connectivity index (χ4v) is 4.37. The Hall–Kier alpha value is -3.13. The highest BCUT2D eigenvalue weighted by Gasteiger charge is 2.33. The Morgan fingerprint density at radius 2 is 1.87 bits per heavy atom. The number of carbonyl (C=O) groups is 2. The maximum atomic E-state index is 13.1. The maximum absolute atomic E-state index is 13.1. The van der Waals surface area contributed by atoms with E-state index in [4.69, 9.17) is 0 Å². The number of aromatic nitrogens is 2. The highest BCUT2D eigenvalue weighted by molar-refractivity contribution is 7.13. The first kappa shape index (κ1) is 20.2. The summed E-state index contributed by atoms with van der Waals surface area (Å²) in [6.07, 6.45) is 1.85. The van der Waals surface area contributed by atoms with Crippen LogP contribution >= 0.6 is 11.3 Å². The van der Waals surface area contributed by atoms with Gasteiger partial charge in [0.1, 0.15) is 10.8 Å². The largest absolute Gasteiger partial charge is 0.333 e. The number of halogens is 1. The summed E-state index contributed by atoms with van der Waals surface area (Å²) in [7, 11) is 0. The van der Waals surface area contributed by atoms with Gasteiger partial charge in [0.05, 0.1) is 12.5 Å². The standard InChI is InChI=1S/C22H21FN4O2S/c1-14-4-10-17(11-5-14)24-20(29)22-26-25-21(30-22)18-3-2-12-27(18)19(28)13-15-6-8-16(23)9-7-15/h4-11,18H,2-3,12-13H2,1H3,(H,24,29). The van der Waals surface area contributed by atoms with Gasteiger partial charge in [-0.3, -0.25) is 9.59 Å². The second kappa shape index (κ2) is 8.71. The Balaban J connectivity index is 1.43. The molecule has 6 nitrogen and oxygen atoms in total. The normalized spacial score (nSPS) is 15.9. The van der Waals surface area contributed by atoms with Gasteiger partial charge in [-0.05, 0) is 49.6 Å². The highest BCUT2D eigenvalue weighted by atomic mass is 32.1. The van der Waals surface area contributed by atoms with Gasteiger partial charge in [-0.2, -0.15) is 0 Å². The quantitative estimate of drug-likeness (QED) is 0.668. The van der Waals surface area contributed by atoms with E-state index in [9.17, 15) is 14.0 Å². The molecule has 30 heavy (non-hydrogen) atoms. The van der Waals surface area contributed by atoms with Crippen LogP contribution in [0.25, 0.3) is 0 Å². The van der Waals surface area contributed by atoms with E-state index in [0.717, 1.165) is 24.0 Å². The van der Waals surface area contributed by atoms with Crippen molar-refractivity contribution in [3.63, 3.8) is 0 Å². The van der Waals surface area contributed by atoms with Crippen LogP contribution in [0, 0.1) is 12.7 Å². The fraction of sp³-hybridized carbons (Fsp3) is 0.273. The number of likely N-dealkylation sites (tertiary alicyclic amines) is 1. The van der Waals surface area contributed by atoms with Crippen LogP contribution in [0.2, 0.25) is 0 Å². The minimum absolute atomic E-state index is 0.0371. The Kier molecular flexibility index (Phi) is 5.85. The van der Waals surface area contributed by atoms with Crippen molar-refractivity contribution in [3.05, 3.63) is 75.5 Å². The monoisotopic (exact) mass is 424 g/mol. The zero-order valence-corrected chi connectivity index (χ0v) is 17.3. The molecule has 1 saturated heterocycles. The Morgan fingerprint density at radius 1 is 1.13 bits per heavy atom. The lowest BCUT2D eigenvalue weighted by Gasteiger charge is -2.22. The molecule has 1 unspecified atom stereocenters. The number of nitrogens with one attached hydrogen (secondary N) is 1. The van der Waals surface area contributed by atoms with E-state index in [1.165, 1.54) is 23.5 Å². The summed E-state index contributed by atoms with van der Waals surface area (Å²) in [6, 6.07) is 13.3. The van der Waals surface area contributed by atoms with Crippen LogP contribution in [0.3, 0.4) is 0 Å². The molecule has 1 aliphatic rings. The van der Waals surface area contributed by atoms with Gasteiger partial charge in [-0.25, -0.2) is 4.39 Å². The first-order chi connectivity index (χ1) is 14.5. The van der Waals surface area contributed by atoms with Crippen molar-refractivity contribution in [3.8, 4) is 0 Å². The minimum atomic E-state index is -0.324. The predicted molar refractivity (Wildman–Crippen MR) is 113 cm³/mol. The highest BCUT2D eigenvalue weighted by Crippen LogP contribution is 2.34. The molecule has 1 atom stereocenters. The number of hydrogen-bond donors (Lipinski definition) is 1. The van der Waals surface area contributed by atoms with Crippen molar-refractivity contribution < 1.29 is 14.0 Å². The minimum Gasteiger partial charge on any atom is -0.333 e. The SMILES string of the molecule is Cc1ccc(NC(=O)c2nnc(C3CCCN3C(=O)Cc3ccc(F)cc3)s2)cc1. The zero-order valence-electron chi connectivity index (χ0n) is 16.5. The van der Waals surface area contributed by atoms with Crippen molar-refractivity contribution in [1.29, 1.82) is 0 Å². The molecular weight excluding hydrogens is 403 g/mol. The molecule has 0 spiro atoms. The third-order valence-corrected chi connectivity index (χ3v) is 6.09. The molecule has 0 radical (unpaired) electrons. The summed E-state index contributed by atoms with van der Waals surface area (Å²) >= 11 is 1.21. The van der Waals surface area contributed by atoms with Crippen LogP contribution in [-0.4, -0.2) is 33.5 Å². The van der Waals surface area contributed by atoms with Gasteiger partial charge >= 0.3 is 0 Å². The lowest BCUT2D eigenvalue weighted by molar-refractivity contribution is -0.131. The molecule has 154 valence electrons. The molecule has 3 aromatic rings. The van der Waals surface area contributed by atoms with Crippen LogP contribution < -0.4 is 5.32 Å². The molecule has 2 amide bonds. The summed E-state index contributed by atoms with van der Waals surface area (Å²) in [5.41, 5.74) is 2.57. The van der Waals surface area contributed by atoms with Gasteiger partial charge in [0, 0.05) is 12.2 Å². The first-order valence-corrected chi connectivity index (χ1v) is 10.6. The van der Waals surface area contributed by atoms with Crippen molar-refractivity contribution >= 4 is 28.8 Å². The molecule has 1 N–H and O–H groups in total. The van der Waals surface area contributed by atoms with E-state index < -0.39 is 0 Å².